The summed E-state index contributed by atoms with van der Waals surface area (Å²) in [6, 6.07) is 22.7. The first-order chi connectivity index (χ1) is 17.0. The van der Waals surface area contributed by atoms with Crippen molar-refractivity contribution in [2.24, 2.45) is 0 Å². The van der Waals surface area contributed by atoms with Gasteiger partial charge in [-0.25, -0.2) is 4.39 Å². The van der Waals surface area contributed by atoms with Crippen LogP contribution in [0, 0.1) is 5.82 Å². The number of hydrogen-bond donors (Lipinski definition) is 2. The second kappa shape index (κ2) is 11.4. The van der Waals surface area contributed by atoms with Crippen molar-refractivity contribution < 1.29 is 14.0 Å². The molecule has 1 heterocycles. The van der Waals surface area contributed by atoms with Crippen LogP contribution in [0.4, 0.5) is 10.1 Å². The Morgan fingerprint density at radius 3 is 2.49 bits per heavy atom. The molecule has 35 heavy (non-hydrogen) atoms. The molecule has 2 N–H and O–H groups in total. The average Bonchev–Trinajstić information content (AvgIpc) is 3.26. The van der Waals surface area contributed by atoms with Gasteiger partial charge in [0.05, 0.1) is 12.3 Å². The molecule has 1 aromatic heterocycles. The standard InChI is InChI=1S/C26H24FN5O2S/c1-2-28-25(34)20-9-6-10-22(15-20)29-23(33)17-35-26-31-30-24(19-11-13-21(27)14-12-19)32(26)16-18-7-4-3-5-8-18/h3-15H,2,16-17H2,1H3,(H,28,34)(H,29,33). The van der Waals surface area contributed by atoms with Crippen LogP contribution >= 0.6 is 11.8 Å². The summed E-state index contributed by atoms with van der Waals surface area (Å²) in [4.78, 5) is 24.7. The molecule has 0 radical (unpaired) electrons. The maximum Gasteiger partial charge on any atom is 0.251 e. The molecule has 4 rings (SSSR count). The Balaban J connectivity index is 1.50. The molecule has 0 unspecified atom stereocenters. The summed E-state index contributed by atoms with van der Waals surface area (Å²) >= 11 is 1.25. The van der Waals surface area contributed by atoms with E-state index in [2.05, 4.69) is 20.8 Å². The number of nitrogens with zero attached hydrogens (tertiary/aromatic N) is 3. The lowest BCUT2D eigenvalue weighted by Crippen LogP contribution is -2.23. The number of halogens is 1. The molecule has 0 spiro atoms. The second-order valence-corrected chi connectivity index (χ2v) is 8.60. The van der Waals surface area contributed by atoms with E-state index >= 15 is 0 Å². The Labute approximate surface area is 206 Å². The summed E-state index contributed by atoms with van der Waals surface area (Å²) in [5.41, 5.74) is 2.79. The van der Waals surface area contributed by atoms with Crippen LogP contribution < -0.4 is 10.6 Å². The van der Waals surface area contributed by atoms with Gasteiger partial charge in [0.25, 0.3) is 5.91 Å². The molecule has 0 aliphatic heterocycles. The number of thioether (sulfide) groups is 1. The van der Waals surface area contributed by atoms with Crippen LogP contribution in [-0.2, 0) is 11.3 Å². The minimum absolute atomic E-state index is 0.0989. The van der Waals surface area contributed by atoms with Gasteiger partial charge in [0.2, 0.25) is 5.91 Å². The Bertz CT molecular complexity index is 1310. The third-order valence-electron chi connectivity index (χ3n) is 5.08. The molecule has 0 aliphatic carbocycles. The molecule has 0 atom stereocenters. The van der Waals surface area contributed by atoms with Crippen molar-refractivity contribution in [3.63, 3.8) is 0 Å². The maximum absolute atomic E-state index is 13.4. The number of benzene rings is 3. The predicted octanol–water partition coefficient (Wildman–Crippen LogP) is 4.61. The first kappa shape index (κ1) is 24.2. The van der Waals surface area contributed by atoms with E-state index in [-0.39, 0.29) is 23.4 Å². The van der Waals surface area contributed by atoms with E-state index in [0.717, 1.165) is 11.1 Å². The normalized spacial score (nSPS) is 10.7. The number of carbonyl (C=O) groups excluding carboxylic acids is 2. The minimum Gasteiger partial charge on any atom is -0.352 e. The lowest BCUT2D eigenvalue weighted by molar-refractivity contribution is -0.113. The highest BCUT2D eigenvalue weighted by atomic mass is 32.2. The zero-order valence-corrected chi connectivity index (χ0v) is 19.9. The molecule has 0 aliphatic rings. The van der Waals surface area contributed by atoms with Crippen molar-refractivity contribution >= 4 is 29.3 Å². The topological polar surface area (TPSA) is 88.9 Å². The number of carbonyl (C=O) groups is 2. The van der Waals surface area contributed by atoms with Gasteiger partial charge in [0.15, 0.2) is 11.0 Å². The molecule has 4 aromatic rings. The monoisotopic (exact) mass is 489 g/mol. The quantitative estimate of drug-likeness (QED) is 0.335. The van der Waals surface area contributed by atoms with E-state index in [1.165, 1.54) is 23.9 Å². The summed E-state index contributed by atoms with van der Waals surface area (Å²) in [6.45, 7) is 2.87. The van der Waals surface area contributed by atoms with E-state index < -0.39 is 0 Å². The fourth-order valence-corrected chi connectivity index (χ4v) is 4.18. The Hall–Kier alpha value is -3.98. The first-order valence-corrected chi connectivity index (χ1v) is 12.1. The van der Waals surface area contributed by atoms with Crippen molar-refractivity contribution in [1.29, 1.82) is 0 Å². The van der Waals surface area contributed by atoms with Gasteiger partial charge >= 0.3 is 0 Å². The van der Waals surface area contributed by atoms with Gasteiger partial charge in [-0.3, -0.25) is 14.2 Å². The molecule has 0 fully saturated rings. The molecular weight excluding hydrogens is 465 g/mol. The highest BCUT2D eigenvalue weighted by Crippen LogP contribution is 2.26. The van der Waals surface area contributed by atoms with Gasteiger partial charge < -0.3 is 10.6 Å². The van der Waals surface area contributed by atoms with E-state index in [1.54, 1.807) is 36.4 Å². The fraction of sp³-hybridized carbons (Fsp3) is 0.154. The molecule has 0 saturated heterocycles. The van der Waals surface area contributed by atoms with Crippen LogP contribution in [-0.4, -0.2) is 38.9 Å². The molecule has 0 bridgehead atoms. The van der Waals surface area contributed by atoms with Crippen LogP contribution in [0.1, 0.15) is 22.8 Å². The number of aromatic nitrogens is 3. The van der Waals surface area contributed by atoms with Crippen LogP contribution in [0.3, 0.4) is 0 Å². The van der Waals surface area contributed by atoms with Crippen molar-refractivity contribution in [2.45, 2.75) is 18.6 Å². The van der Waals surface area contributed by atoms with E-state index in [4.69, 9.17) is 0 Å². The lowest BCUT2D eigenvalue weighted by Gasteiger charge is -2.11. The third-order valence-corrected chi connectivity index (χ3v) is 6.05. The lowest BCUT2D eigenvalue weighted by atomic mass is 10.2. The number of hydrogen-bond acceptors (Lipinski definition) is 5. The molecule has 0 saturated carbocycles. The van der Waals surface area contributed by atoms with Crippen molar-refractivity contribution in [3.8, 4) is 11.4 Å². The zero-order chi connectivity index (χ0) is 24.6. The molecule has 7 nitrogen and oxygen atoms in total. The van der Waals surface area contributed by atoms with Gasteiger partial charge in [-0.1, -0.05) is 48.2 Å². The maximum atomic E-state index is 13.4. The summed E-state index contributed by atoms with van der Waals surface area (Å²) in [5.74, 6) is -0.0698. The van der Waals surface area contributed by atoms with E-state index in [1.807, 2.05) is 41.8 Å². The second-order valence-electron chi connectivity index (χ2n) is 7.66. The van der Waals surface area contributed by atoms with E-state index in [9.17, 15) is 14.0 Å². The van der Waals surface area contributed by atoms with Crippen LogP contribution in [0.25, 0.3) is 11.4 Å². The largest absolute Gasteiger partial charge is 0.352 e. The van der Waals surface area contributed by atoms with Crippen LogP contribution in [0.5, 0.6) is 0 Å². The van der Waals surface area contributed by atoms with Crippen LogP contribution in [0.15, 0.2) is 84.0 Å². The molecule has 2 amide bonds. The summed E-state index contributed by atoms with van der Waals surface area (Å²) in [5, 5.41) is 14.7. The molecular formula is C26H24FN5O2S. The summed E-state index contributed by atoms with van der Waals surface area (Å²) in [6.07, 6.45) is 0. The average molecular weight is 490 g/mol. The third kappa shape index (κ3) is 6.33. The van der Waals surface area contributed by atoms with Gasteiger partial charge in [-0.2, -0.15) is 0 Å². The summed E-state index contributed by atoms with van der Waals surface area (Å²) in [7, 11) is 0. The highest BCUT2D eigenvalue weighted by molar-refractivity contribution is 7.99. The zero-order valence-electron chi connectivity index (χ0n) is 19.1. The Morgan fingerprint density at radius 2 is 1.74 bits per heavy atom. The minimum atomic E-state index is -0.328. The highest BCUT2D eigenvalue weighted by Gasteiger charge is 2.17. The van der Waals surface area contributed by atoms with Crippen LogP contribution in [0.2, 0.25) is 0 Å². The summed E-state index contributed by atoms with van der Waals surface area (Å²) < 4.78 is 15.4. The SMILES string of the molecule is CCNC(=O)c1cccc(NC(=O)CSc2nnc(-c3ccc(F)cc3)n2Cc2ccccc2)c1. The Kier molecular flexibility index (Phi) is 7.89. The number of rotatable bonds is 9. The molecule has 9 heteroatoms. The molecule has 178 valence electrons. The number of amides is 2. The van der Waals surface area contributed by atoms with E-state index in [0.29, 0.717) is 35.3 Å². The number of anilines is 1. The van der Waals surface area contributed by atoms with Crippen molar-refractivity contribution in [2.75, 3.05) is 17.6 Å². The van der Waals surface area contributed by atoms with Gasteiger partial charge in [0.1, 0.15) is 5.82 Å². The Morgan fingerprint density at radius 1 is 0.971 bits per heavy atom. The van der Waals surface area contributed by atoms with Crippen molar-refractivity contribution in [1.82, 2.24) is 20.1 Å². The predicted molar refractivity (Wildman–Crippen MR) is 135 cm³/mol. The van der Waals surface area contributed by atoms with Crippen molar-refractivity contribution in [3.05, 3.63) is 95.8 Å². The molecule has 3 aromatic carbocycles. The first-order valence-electron chi connectivity index (χ1n) is 11.1. The number of nitrogens with one attached hydrogen (secondary N) is 2. The van der Waals surface area contributed by atoms with Gasteiger partial charge in [-0.15, -0.1) is 10.2 Å². The van der Waals surface area contributed by atoms with Gasteiger partial charge in [-0.05, 0) is 55.0 Å². The fourth-order valence-electron chi connectivity index (χ4n) is 3.44. The smallest absolute Gasteiger partial charge is 0.251 e. The van der Waals surface area contributed by atoms with Gasteiger partial charge in [0, 0.05) is 23.4 Å².